The van der Waals surface area contributed by atoms with Crippen molar-refractivity contribution < 1.29 is 14.3 Å². The number of hydrogen-bond acceptors (Lipinski definition) is 7. The Morgan fingerprint density at radius 2 is 1.53 bits per heavy atom. The van der Waals surface area contributed by atoms with Gasteiger partial charge in [0.1, 0.15) is 17.3 Å². The van der Waals surface area contributed by atoms with Crippen LogP contribution in [-0.2, 0) is 4.74 Å². The van der Waals surface area contributed by atoms with Gasteiger partial charge in [0.05, 0.1) is 13.2 Å². The molecule has 8 heteroatoms. The van der Waals surface area contributed by atoms with Crippen molar-refractivity contribution in [3.63, 3.8) is 0 Å². The molecule has 1 aliphatic heterocycles. The van der Waals surface area contributed by atoms with Gasteiger partial charge < -0.3 is 25.0 Å². The summed E-state index contributed by atoms with van der Waals surface area (Å²) in [6.45, 7) is 4.87. The minimum absolute atomic E-state index is 0.191. The molecular weight excluding hydrogens is 454 g/mol. The van der Waals surface area contributed by atoms with Crippen molar-refractivity contribution in [2.24, 2.45) is 0 Å². The maximum absolute atomic E-state index is 12.7. The van der Waals surface area contributed by atoms with Gasteiger partial charge in [0.25, 0.3) is 5.91 Å². The molecule has 0 spiro atoms. The number of nitrogens with zero attached hydrogens (tertiary/aromatic N) is 3. The number of amides is 1. The third-order valence-corrected chi connectivity index (χ3v) is 5.65. The van der Waals surface area contributed by atoms with E-state index >= 15 is 0 Å². The molecule has 8 nitrogen and oxygen atoms in total. The van der Waals surface area contributed by atoms with Crippen LogP contribution in [0.5, 0.6) is 11.5 Å². The molecule has 0 unspecified atom stereocenters. The molecule has 0 saturated carbocycles. The SMILES string of the molecule is Cc1cc(Nc2ccc(NC(=O)c3ccc(Oc4ccccc4)cc3)cc2)nc(N2CCOCC2)n1. The fraction of sp³-hybridized carbons (Fsp3) is 0.179. The van der Waals surface area contributed by atoms with Gasteiger partial charge in [0.2, 0.25) is 5.95 Å². The Morgan fingerprint density at radius 1 is 0.861 bits per heavy atom. The maximum Gasteiger partial charge on any atom is 0.255 e. The number of carbonyl (C=O) groups excluding carboxylic acids is 1. The normalized spacial score (nSPS) is 13.2. The lowest BCUT2D eigenvalue weighted by atomic mass is 10.2. The summed E-state index contributed by atoms with van der Waals surface area (Å²) in [5.74, 6) is 2.65. The van der Waals surface area contributed by atoms with Crippen LogP contribution in [0.2, 0.25) is 0 Å². The summed E-state index contributed by atoms with van der Waals surface area (Å²) in [6, 6.07) is 26.0. The summed E-state index contributed by atoms with van der Waals surface area (Å²) in [7, 11) is 0. The van der Waals surface area contributed by atoms with Gasteiger partial charge in [-0.15, -0.1) is 0 Å². The van der Waals surface area contributed by atoms with E-state index in [1.54, 1.807) is 24.3 Å². The molecule has 1 fully saturated rings. The van der Waals surface area contributed by atoms with Gasteiger partial charge in [-0.2, -0.15) is 4.98 Å². The van der Waals surface area contributed by atoms with Gasteiger partial charge in [-0.1, -0.05) is 18.2 Å². The van der Waals surface area contributed by atoms with Crippen LogP contribution in [0.15, 0.2) is 84.9 Å². The van der Waals surface area contributed by atoms with E-state index in [0.717, 1.165) is 36.0 Å². The van der Waals surface area contributed by atoms with Crippen LogP contribution in [0.1, 0.15) is 16.1 Å². The van der Waals surface area contributed by atoms with E-state index in [2.05, 4.69) is 25.5 Å². The first-order valence-electron chi connectivity index (χ1n) is 11.8. The number of anilines is 4. The zero-order chi connectivity index (χ0) is 24.7. The van der Waals surface area contributed by atoms with Gasteiger partial charge >= 0.3 is 0 Å². The maximum atomic E-state index is 12.7. The van der Waals surface area contributed by atoms with Crippen LogP contribution in [0, 0.1) is 6.92 Å². The fourth-order valence-corrected chi connectivity index (χ4v) is 3.81. The van der Waals surface area contributed by atoms with Crippen LogP contribution in [0.3, 0.4) is 0 Å². The summed E-state index contributed by atoms with van der Waals surface area (Å²) < 4.78 is 11.2. The summed E-state index contributed by atoms with van der Waals surface area (Å²) in [6.07, 6.45) is 0. The third-order valence-electron chi connectivity index (χ3n) is 5.65. The summed E-state index contributed by atoms with van der Waals surface area (Å²) in [4.78, 5) is 24.0. The van der Waals surface area contributed by atoms with Crippen molar-refractivity contribution in [1.82, 2.24) is 9.97 Å². The van der Waals surface area contributed by atoms with Crippen LogP contribution in [0.25, 0.3) is 0 Å². The third kappa shape index (κ3) is 5.97. The summed E-state index contributed by atoms with van der Waals surface area (Å²) >= 11 is 0. The second-order valence-corrected chi connectivity index (χ2v) is 8.39. The molecule has 2 N–H and O–H groups in total. The Hall–Kier alpha value is -4.43. The van der Waals surface area contributed by atoms with Gasteiger partial charge in [-0.25, -0.2) is 4.98 Å². The zero-order valence-electron chi connectivity index (χ0n) is 20.0. The Bertz CT molecular complexity index is 1310. The number of aromatic nitrogens is 2. The minimum atomic E-state index is -0.191. The number of ether oxygens (including phenoxy) is 2. The first kappa shape index (κ1) is 23.3. The predicted octanol–water partition coefficient (Wildman–Crippen LogP) is 5.41. The standard InChI is InChI=1S/C28H27N5O3/c1-20-19-26(32-28(29-20)33-15-17-35-18-16-33)30-22-9-11-23(12-10-22)31-27(34)21-7-13-25(14-8-21)36-24-5-3-2-4-6-24/h2-14,19H,15-18H2,1H3,(H,31,34)(H,29,30,32). The second-order valence-electron chi connectivity index (χ2n) is 8.39. The van der Waals surface area contributed by atoms with Gasteiger partial charge in [-0.05, 0) is 67.6 Å². The second kappa shape index (κ2) is 10.9. The van der Waals surface area contributed by atoms with E-state index in [9.17, 15) is 4.79 Å². The first-order chi connectivity index (χ1) is 17.6. The molecule has 4 aromatic rings. The van der Waals surface area contributed by atoms with Crippen LogP contribution in [-0.4, -0.2) is 42.2 Å². The van der Waals surface area contributed by atoms with Crippen LogP contribution in [0.4, 0.5) is 23.1 Å². The van der Waals surface area contributed by atoms with Crippen molar-refractivity contribution in [2.75, 3.05) is 41.8 Å². The van der Waals surface area contributed by atoms with Gasteiger partial charge in [0.15, 0.2) is 0 Å². The van der Waals surface area contributed by atoms with Gasteiger partial charge in [-0.3, -0.25) is 4.79 Å². The molecule has 0 radical (unpaired) electrons. The molecule has 182 valence electrons. The highest BCUT2D eigenvalue weighted by Crippen LogP contribution is 2.23. The number of morpholine rings is 1. The Labute approximate surface area is 209 Å². The summed E-state index contributed by atoms with van der Waals surface area (Å²) in [5.41, 5.74) is 2.99. The summed E-state index contributed by atoms with van der Waals surface area (Å²) in [5, 5.41) is 6.25. The number of rotatable bonds is 7. The van der Waals surface area contributed by atoms with E-state index in [0.29, 0.717) is 36.2 Å². The number of hydrogen-bond donors (Lipinski definition) is 2. The predicted molar refractivity (Wildman–Crippen MR) is 140 cm³/mol. The molecule has 1 amide bonds. The Kier molecular flexibility index (Phi) is 7.05. The Balaban J connectivity index is 1.19. The number of carbonyl (C=O) groups is 1. The molecule has 5 rings (SSSR count). The molecule has 1 aliphatic rings. The van der Waals surface area contributed by atoms with Crippen molar-refractivity contribution >= 4 is 29.0 Å². The molecule has 3 aromatic carbocycles. The van der Waals surface area contributed by atoms with E-state index < -0.39 is 0 Å². The number of aryl methyl sites for hydroxylation is 1. The van der Waals surface area contributed by atoms with Gasteiger partial charge in [0, 0.05) is 41.8 Å². The first-order valence-corrected chi connectivity index (χ1v) is 11.8. The molecule has 1 aromatic heterocycles. The average Bonchev–Trinajstić information content (AvgIpc) is 2.91. The molecular formula is C28H27N5O3. The highest BCUT2D eigenvalue weighted by Gasteiger charge is 2.15. The van der Waals surface area contributed by atoms with E-state index in [1.165, 1.54) is 0 Å². The van der Waals surface area contributed by atoms with E-state index in [1.807, 2.05) is 67.6 Å². The topological polar surface area (TPSA) is 88.6 Å². The smallest absolute Gasteiger partial charge is 0.255 e. The zero-order valence-corrected chi connectivity index (χ0v) is 20.0. The lowest BCUT2D eigenvalue weighted by Gasteiger charge is -2.27. The highest BCUT2D eigenvalue weighted by molar-refractivity contribution is 6.04. The number of para-hydroxylation sites is 1. The monoisotopic (exact) mass is 481 g/mol. The molecule has 0 bridgehead atoms. The van der Waals surface area contributed by atoms with Crippen molar-refractivity contribution in [1.29, 1.82) is 0 Å². The van der Waals surface area contributed by atoms with Crippen molar-refractivity contribution in [3.05, 3.63) is 96.2 Å². The Morgan fingerprint density at radius 3 is 2.25 bits per heavy atom. The van der Waals surface area contributed by atoms with Crippen LogP contribution >= 0.6 is 0 Å². The molecule has 1 saturated heterocycles. The number of nitrogens with one attached hydrogen (secondary N) is 2. The minimum Gasteiger partial charge on any atom is -0.457 e. The quantitative estimate of drug-likeness (QED) is 0.365. The lowest BCUT2D eigenvalue weighted by molar-refractivity contribution is 0.102. The molecule has 0 aliphatic carbocycles. The lowest BCUT2D eigenvalue weighted by Crippen LogP contribution is -2.37. The van der Waals surface area contributed by atoms with E-state index in [-0.39, 0.29) is 5.91 Å². The molecule has 0 atom stereocenters. The molecule has 36 heavy (non-hydrogen) atoms. The van der Waals surface area contributed by atoms with E-state index in [4.69, 9.17) is 9.47 Å². The largest absolute Gasteiger partial charge is 0.457 e. The highest BCUT2D eigenvalue weighted by atomic mass is 16.5. The average molecular weight is 482 g/mol. The van der Waals surface area contributed by atoms with Crippen molar-refractivity contribution in [2.45, 2.75) is 6.92 Å². The molecule has 2 heterocycles. The van der Waals surface area contributed by atoms with Crippen molar-refractivity contribution in [3.8, 4) is 11.5 Å². The fourth-order valence-electron chi connectivity index (χ4n) is 3.81. The number of benzene rings is 3. The van der Waals surface area contributed by atoms with Crippen LogP contribution < -0.4 is 20.3 Å².